The Hall–Kier alpha value is -3.73. The molecule has 0 atom stereocenters. The van der Waals surface area contributed by atoms with Crippen LogP contribution < -0.4 is 10.1 Å². The number of carbonyl (C=O) groups excluding carboxylic acids is 1. The van der Waals surface area contributed by atoms with Crippen LogP contribution in [-0.4, -0.2) is 47.9 Å². The van der Waals surface area contributed by atoms with Crippen molar-refractivity contribution in [2.24, 2.45) is 0 Å². The number of methoxy groups -OCH3 is 1. The van der Waals surface area contributed by atoms with E-state index >= 15 is 0 Å². The molecule has 8 nitrogen and oxygen atoms in total. The maximum Gasteiger partial charge on any atom is 0.243 e. The molecule has 1 saturated carbocycles. The molecule has 1 amide bonds. The normalized spacial score (nSPS) is 13.5. The first-order valence-corrected chi connectivity index (χ1v) is 13.6. The number of amides is 1. The van der Waals surface area contributed by atoms with Gasteiger partial charge in [0.25, 0.3) is 0 Å². The van der Waals surface area contributed by atoms with Gasteiger partial charge in [0, 0.05) is 28.5 Å². The largest absolute Gasteiger partial charge is 0.497 e. The van der Waals surface area contributed by atoms with Crippen LogP contribution in [0.2, 0.25) is 5.02 Å². The maximum atomic E-state index is 13.6. The summed E-state index contributed by atoms with van der Waals surface area (Å²) in [5, 5.41) is 3.17. The second-order valence-electron chi connectivity index (χ2n) is 8.81. The molecule has 4 aromatic rings. The van der Waals surface area contributed by atoms with E-state index in [1.807, 2.05) is 12.1 Å². The minimum Gasteiger partial charge on any atom is -0.497 e. The number of benzene rings is 3. The first kappa shape index (κ1) is 25.9. The van der Waals surface area contributed by atoms with Crippen molar-refractivity contribution in [1.82, 2.24) is 13.9 Å². The summed E-state index contributed by atoms with van der Waals surface area (Å²) < 4.78 is 48.2. The van der Waals surface area contributed by atoms with Gasteiger partial charge in [-0.05, 0) is 85.6 Å². The molecule has 1 fully saturated rings. The molecule has 1 aliphatic rings. The zero-order chi connectivity index (χ0) is 26.9. The van der Waals surface area contributed by atoms with E-state index in [1.165, 1.54) is 40.7 Å². The average Bonchev–Trinajstić information content (AvgIpc) is 3.67. The number of carbonyl (C=O) groups is 1. The lowest BCUT2D eigenvalue weighted by Gasteiger charge is -2.21. The summed E-state index contributed by atoms with van der Waals surface area (Å²) in [5.74, 6) is -0.0960. The predicted octanol–water partition coefficient (Wildman–Crippen LogP) is 5.13. The maximum absolute atomic E-state index is 13.6. The Morgan fingerprint density at radius 2 is 1.74 bits per heavy atom. The molecule has 0 bridgehead atoms. The van der Waals surface area contributed by atoms with Gasteiger partial charge >= 0.3 is 0 Å². The number of hydrogen-bond donors (Lipinski definition) is 1. The zero-order valence-electron chi connectivity index (χ0n) is 20.3. The molecule has 0 unspecified atom stereocenters. The molecule has 5 rings (SSSR count). The molecular formula is C27H24ClFN4O4S. The first-order valence-electron chi connectivity index (χ1n) is 11.8. The first-order chi connectivity index (χ1) is 18.2. The third kappa shape index (κ3) is 5.57. The van der Waals surface area contributed by atoms with E-state index in [1.54, 1.807) is 42.1 Å². The Balaban J connectivity index is 1.43. The number of halogens is 2. The van der Waals surface area contributed by atoms with Gasteiger partial charge < -0.3 is 4.74 Å². The van der Waals surface area contributed by atoms with E-state index in [4.69, 9.17) is 16.3 Å². The summed E-state index contributed by atoms with van der Waals surface area (Å²) in [6, 6.07) is 18.6. The second kappa shape index (κ2) is 10.6. The fourth-order valence-corrected chi connectivity index (χ4v) is 5.76. The van der Waals surface area contributed by atoms with Gasteiger partial charge in [-0.25, -0.2) is 17.8 Å². The quantitative estimate of drug-likeness (QED) is 0.309. The van der Waals surface area contributed by atoms with Crippen LogP contribution >= 0.6 is 11.6 Å². The lowest BCUT2D eigenvalue weighted by atomic mass is 10.1. The van der Waals surface area contributed by atoms with Crippen molar-refractivity contribution in [3.63, 3.8) is 0 Å². The van der Waals surface area contributed by atoms with Gasteiger partial charge in [-0.2, -0.15) is 4.31 Å². The summed E-state index contributed by atoms with van der Waals surface area (Å²) in [6.45, 7) is -0.385. The van der Waals surface area contributed by atoms with Crippen LogP contribution in [0, 0.1) is 5.82 Å². The smallest absolute Gasteiger partial charge is 0.243 e. The van der Waals surface area contributed by atoms with Crippen LogP contribution in [0.5, 0.6) is 5.75 Å². The van der Waals surface area contributed by atoms with Crippen LogP contribution in [0.4, 0.5) is 10.3 Å². The van der Waals surface area contributed by atoms with Gasteiger partial charge in [0.15, 0.2) is 0 Å². The lowest BCUT2D eigenvalue weighted by molar-refractivity contribution is -0.116. The van der Waals surface area contributed by atoms with Crippen LogP contribution in [0.3, 0.4) is 0 Å². The number of ether oxygens (including phenoxy) is 1. The van der Waals surface area contributed by atoms with Crippen molar-refractivity contribution in [2.75, 3.05) is 19.0 Å². The van der Waals surface area contributed by atoms with E-state index in [2.05, 4.69) is 10.3 Å². The molecule has 11 heteroatoms. The van der Waals surface area contributed by atoms with Crippen molar-refractivity contribution in [3.8, 4) is 22.7 Å². The minimum atomic E-state index is -3.92. The van der Waals surface area contributed by atoms with Crippen molar-refractivity contribution in [1.29, 1.82) is 0 Å². The predicted molar refractivity (Wildman–Crippen MR) is 143 cm³/mol. The van der Waals surface area contributed by atoms with Gasteiger partial charge in [-0.15, -0.1) is 0 Å². The van der Waals surface area contributed by atoms with E-state index in [0.29, 0.717) is 35.0 Å². The van der Waals surface area contributed by atoms with Crippen LogP contribution in [-0.2, 0) is 14.8 Å². The number of anilines is 1. The average molecular weight is 555 g/mol. The van der Waals surface area contributed by atoms with Gasteiger partial charge in [0.2, 0.25) is 21.9 Å². The summed E-state index contributed by atoms with van der Waals surface area (Å²) in [7, 11) is -2.35. The SMILES string of the molecule is COc1ccc(-c2cn(-c3ccc(F)cc3)c(NC(=O)CN(C3CC3)S(=O)(=O)c3ccc(Cl)cc3)n2)cc1. The Bertz CT molecular complexity index is 1550. The molecule has 3 aromatic carbocycles. The molecule has 0 aliphatic heterocycles. The van der Waals surface area contributed by atoms with E-state index < -0.39 is 21.7 Å². The number of imidazole rings is 1. The Morgan fingerprint density at radius 1 is 1.08 bits per heavy atom. The van der Waals surface area contributed by atoms with Crippen LogP contribution in [0.25, 0.3) is 16.9 Å². The topological polar surface area (TPSA) is 93.5 Å². The summed E-state index contributed by atoms with van der Waals surface area (Å²) in [4.78, 5) is 17.8. The highest BCUT2D eigenvalue weighted by atomic mass is 35.5. The highest BCUT2D eigenvalue weighted by molar-refractivity contribution is 7.89. The highest BCUT2D eigenvalue weighted by Gasteiger charge is 2.39. The standard InChI is InChI=1S/C27H24ClFN4O4S/c1-37-23-12-2-18(3-13-23)25-16-32(21-8-6-20(29)7-9-21)27(30-25)31-26(34)17-33(22-10-11-22)38(35,36)24-14-4-19(28)5-15-24/h2-9,12-16,22H,10-11,17H2,1H3,(H,30,31,34). The number of rotatable bonds is 9. The molecule has 0 saturated heterocycles. The summed E-state index contributed by atoms with van der Waals surface area (Å²) in [6.07, 6.45) is 3.06. The van der Waals surface area contributed by atoms with Gasteiger partial charge in [-0.1, -0.05) is 11.6 Å². The second-order valence-corrected chi connectivity index (χ2v) is 11.1. The zero-order valence-corrected chi connectivity index (χ0v) is 21.9. The summed E-state index contributed by atoms with van der Waals surface area (Å²) in [5.41, 5.74) is 1.90. The molecule has 1 heterocycles. The van der Waals surface area contributed by atoms with Crippen molar-refractivity contribution >= 4 is 33.5 Å². The number of sulfonamides is 1. The Kier molecular flexibility index (Phi) is 7.20. The van der Waals surface area contributed by atoms with Gasteiger partial charge in [0.05, 0.1) is 24.2 Å². The molecule has 196 valence electrons. The van der Waals surface area contributed by atoms with Gasteiger partial charge in [0.1, 0.15) is 11.6 Å². The van der Waals surface area contributed by atoms with Crippen molar-refractivity contribution < 1.29 is 22.3 Å². The fraction of sp³-hybridized carbons (Fsp3) is 0.185. The van der Waals surface area contributed by atoms with Crippen molar-refractivity contribution in [2.45, 2.75) is 23.8 Å². The van der Waals surface area contributed by atoms with Gasteiger partial charge in [-0.3, -0.25) is 14.7 Å². The third-order valence-electron chi connectivity index (χ3n) is 6.12. The van der Waals surface area contributed by atoms with E-state index in [0.717, 1.165) is 5.56 Å². The minimum absolute atomic E-state index is 0.0659. The van der Waals surface area contributed by atoms with E-state index in [-0.39, 0.29) is 23.4 Å². The number of aromatic nitrogens is 2. The molecule has 0 radical (unpaired) electrons. The lowest BCUT2D eigenvalue weighted by Crippen LogP contribution is -2.39. The summed E-state index contributed by atoms with van der Waals surface area (Å²) >= 11 is 5.92. The molecular weight excluding hydrogens is 531 g/mol. The Morgan fingerprint density at radius 3 is 2.34 bits per heavy atom. The van der Waals surface area contributed by atoms with Crippen molar-refractivity contribution in [3.05, 3.63) is 89.8 Å². The fourth-order valence-electron chi connectivity index (χ4n) is 3.99. The van der Waals surface area contributed by atoms with Crippen LogP contribution in [0.1, 0.15) is 12.8 Å². The Labute approximate surface area is 224 Å². The molecule has 0 spiro atoms. The number of nitrogens with zero attached hydrogens (tertiary/aromatic N) is 3. The third-order valence-corrected chi connectivity index (χ3v) is 8.29. The molecule has 1 N–H and O–H groups in total. The molecule has 1 aromatic heterocycles. The monoisotopic (exact) mass is 554 g/mol. The van der Waals surface area contributed by atoms with E-state index in [9.17, 15) is 17.6 Å². The molecule has 38 heavy (non-hydrogen) atoms. The number of hydrogen-bond acceptors (Lipinski definition) is 5. The number of nitrogens with one attached hydrogen (secondary N) is 1. The van der Waals surface area contributed by atoms with Crippen LogP contribution in [0.15, 0.2) is 83.9 Å². The molecule has 1 aliphatic carbocycles. The highest BCUT2D eigenvalue weighted by Crippen LogP contribution is 2.32.